The van der Waals surface area contributed by atoms with Gasteiger partial charge in [-0.1, -0.05) is 12.1 Å². The molecule has 2 heterocycles. The number of nitrogens with zero attached hydrogens (tertiary/aromatic N) is 3. The third-order valence-corrected chi connectivity index (χ3v) is 5.39. The molecule has 0 saturated carbocycles. The molecule has 0 bridgehead atoms. The van der Waals surface area contributed by atoms with Gasteiger partial charge in [0.1, 0.15) is 11.5 Å². The fourth-order valence-electron chi connectivity index (χ4n) is 4.02. The first-order valence-electron chi connectivity index (χ1n) is 9.48. The standard InChI is InChI=1S/C21H22F3N3O2/c1-29-17-5-6-19-18(12-17)25-20(21(22,23)24)27(19)15-7-9-26(10-8-15)13-14-3-2-4-16(28)11-14/h2-6,11-12,15,28H,7-10,13H2,1H3. The Morgan fingerprint density at radius 3 is 2.55 bits per heavy atom. The number of phenols is 1. The van der Waals surface area contributed by atoms with Crippen LogP contribution in [0.3, 0.4) is 0 Å². The van der Waals surface area contributed by atoms with Gasteiger partial charge in [-0.15, -0.1) is 0 Å². The Hall–Kier alpha value is -2.74. The minimum absolute atomic E-state index is 0.215. The molecule has 8 heteroatoms. The van der Waals surface area contributed by atoms with Crippen LogP contribution >= 0.6 is 0 Å². The Morgan fingerprint density at radius 1 is 1.14 bits per heavy atom. The molecule has 0 spiro atoms. The average molecular weight is 405 g/mol. The van der Waals surface area contributed by atoms with Crippen LogP contribution in [0.1, 0.15) is 30.3 Å². The number of likely N-dealkylation sites (tertiary alicyclic amines) is 1. The number of aromatic nitrogens is 2. The molecule has 1 saturated heterocycles. The lowest BCUT2D eigenvalue weighted by atomic mass is 10.0. The van der Waals surface area contributed by atoms with Crippen LogP contribution in [0.5, 0.6) is 11.5 Å². The summed E-state index contributed by atoms with van der Waals surface area (Å²) in [6.45, 7) is 2.01. The van der Waals surface area contributed by atoms with E-state index in [0.717, 1.165) is 5.56 Å². The fraction of sp³-hybridized carbons (Fsp3) is 0.381. The second-order valence-electron chi connectivity index (χ2n) is 7.34. The van der Waals surface area contributed by atoms with Crippen molar-refractivity contribution in [3.63, 3.8) is 0 Å². The van der Waals surface area contributed by atoms with Gasteiger partial charge in [-0.2, -0.15) is 13.2 Å². The highest BCUT2D eigenvalue weighted by molar-refractivity contribution is 5.78. The van der Waals surface area contributed by atoms with E-state index in [2.05, 4.69) is 9.88 Å². The first-order chi connectivity index (χ1) is 13.8. The fourth-order valence-corrected chi connectivity index (χ4v) is 4.02. The first-order valence-corrected chi connectivity index (χ1v) is 9.48. The van der Waals surface area contributed by atoms with E-state index in [1.807, 2.05) is 6.07 Å². The lowest BCUT2D eigenvalue weighted by Crippen LogP contribution is -2.35. The molecule has 0 radical (unpaired) electrons. The van der Waals surface area contributed by atoms with E-state index in [-0.39, 0.29) is 11.8 Å². The third-order valence-electron chi connectivity index (χ3n) is 5.39. The van der Waals surface area contributed by atoms with Crippen molar-refractivity contribution in [2.45, 2.75) is 31.6 Å². The summed E-state index contributed by atoms with van der Waals surface area (Å²) in [6.07, 6.45) is -3.33. The number of hydrogen-bond acceptors (Lipinski definition) is 4. The zero-order valence-electron chi connectivity index (χ0n) is 16.0. The second-order valence-corrected chi connectivity index (χ2v) is 7.34. The molecule has 1 N–H and O–H groups in total. The maximum Gasteiger partial charge on any atom is 0.449 e. The number of phenolic OH excluding ortho intramolecular Hbond substituents is 1. The number of piperidine rings is 1. The van der Waals surface area contributed by atoms with E-state index in [4.69, 9.17) is 4.74 Å². The summed E-state index contributed by atoms with van der Waals surface area (Å²) < 4.78 is 47.5. The van der Waals surface area contributed by atoms with E-state index >= 15 is 0 Å². The molecule has 0 unspecified atom stereocenters. The normalized spacial score (nSPS) is 16.4. The number of aromatic hydroxyl groups is 1. The summed E-state index contributed by atoms with van der Waals surface area (Å²) in [5, 5.41) is 9.61. The van der Waals surface area contributed by atoms with Crippen molar-refractivity contribution < 1.29 is 23.0 Å². The zero-order chi connectivity index (χ0) is 20.6. The van der Waals surface area contributed by atoms with Gasteiger partial charge in [0, 0.05) is 31.7 Å². The molecule has 154 valence electrons. The van der Waals surface area contributed by atoms with Gasteiger partial charge in [0.15, 0.2) is 0 Å². The van der Waals surface area contributed by atoms with E-state index in [1.54, 1.807) is 30.3 Å². The zero-order valence-corrected chi connectivity index (χ0v) is 16.0. The molecular weight excluding hydrogens is 383 g/mol. The van der Waals surface area contributed by atoms with Crippen LogP contribution in [0, 0.1) is 0 Å². The Morgan fingerprint density at radius 2 is 1.90 bits per heavy atom. The van der Waals surface area contributed by atoms with Crippen LogP contribution in [-0.4, -0.2) is 39.8 Å². The summed E-state index contributed by atoms with van der Waals surface area (Å²) >= 11 is 0. The van der Waals surface area contributed by atoms with Crippen LogP contribution in [0.4, 0.5) is 13.2 Å². The Balaban J connectivity index is 1.57. The number of methoxy groups -OCH3 is 1. The van der Waals surface area contributed by atoms with Crippen molar-refractivity contribution in [3.8, 4) is 11.5 Å². The number of ether oxygens (including phenoxy) is 1. The van der Waals surface area contributed by atoms with Gasteiger partial charge in [0.25, 0.3) is 0 Å². The van der Waals surface area contributed by atoms with Gasteiger partial charge in [0.05, 0.1) is 18.1 Å². The smallest absolute Gasteiger partial charge is 0.449 e. The maximum absolute atomic E-state index is 13.7. The summed E-state index contributed by atoms with van der Waals surface area (Å²) in [6, 6.07) is 11.6. The van der Waals surface area contributed by atoms with Gasteiger partial charge in [-0.25, -0.2) is 4.98 Å². The average Bonchev–Trinajstić information content (AvgIpc) is 3.08. The number of benzene rings is 2. The monoisotopic (exact) mass is 405 g/mol. The number of imidazole rings is 1. The molecule has 1 fully saturated rings. The first kappa shape index (κ1) is 19.6. The lowest BCUT2D eigenvalue weighted by molar-refractivity contribution is -0.148. The van der Waals surface area contributed by atoms with Gasteiger partial charge in [0.2, 0.25) is 5.82 Å². The van der Waals surface area contributed by atoms with Crippen LogP contribution in [-0.2, 0) is 12.7 Å². The van der Waals surface area contributed by atoms with Crippen molar-refractivity contribution in [1.82, 2.24) is 14.5 Å². The maximum atomic E-state index is 13.7. The SMILES string of the molecule is COc1ccc2c(c1)nc(C(F)(F)F)n2C1CCN(Cc2cccc(O)c2)CC1. The lowest BCUT2D eigenvalue weighted by Gasteiger charge is -2.33. The highest BCUT2D eigenvalue weighted by Gasteiger charge is 2.40. The van der Waals surface area contributed by atoms with Gasteiger partial charge in [-0.05, 0) is 42.7 Å². The van der Waals surface area contributed by atoms with E-state index < -0.39 is 12.0 Å². The molecule has 0 atom stereocenters. The topological polar surface area (TPSA) is 50.5 Å². The minimum atomic E-state index is -4.52. The summed E-state index contributed by atoms with van der Waals surface area (Å²) in [4.78, 5) is 6.08. The van der Waals surface area contributed by atoms with Gasteiger partial charge >= 0.3 is 6.18 Å². The Bertz CT molecular complexity index is 1010. The Kier molecular flexibility index (Phi) is 5.12. The summed E-state index contributed by atoms with van der Waals surface area (Å²) in [7, 11) is 1.48. The van der Waals surface area contributed by atoms with Crippen molar-refractivity contribution >= 4 is 11.0 Å². The van der Waals surface area contributed by atoms with Crippen molar-refractivity contribution in [1.29, 1.82) is 0 Å². The summed E-state index contributed by atoms with van der Waals surface area (Å²) in [5.41, 5.74) is 1.75. The minimum Gasteiger partial charge on any atom is -0.508 e. The molecule has 1 aliphatic heterocycles. The van der Waals surface area contributed by atoms with Crippen LogP contribution < -0.4 is 4.74 Å². The van der Waals surface area contributed by atoms with Crippen LogP contribution in [0.2, 0.25) is 0 Å². The highest BCUT2D eigenvalue weighted by Crippen LogP contribution is 2.37. The number of halogens is 3. The summed E-state index contributed by atoms with van der Waals surface area (Å²) in [5.74, 6) is -0.156. The van der Waals surface area contributed by atoms with Crippen molar-refractivity contribution in [2.24, 2.45) is 0 Å². The Labute approximate surface area is 166 Å². The van der Waals surface area contributed by atoms with E-state index in [0.29, 0.717) is 49.3 Å². The number of rotatable bonds is 4. The number of hydrogen-bond donors (Lipinski definition) is 1. The molecule has 0 amide bonds. The quantitative estimate of drug-likeness (QED) is 0.689. The molecule has 3 aromatic rings. The van der Waals surface area contributed by atoms with Crippen molar-refractivity contribution in [2.75, 3.05) is 20.2 Å². The predicted molar refractivity (Wildman–Crippen MR) is 103 cm³/mol. The van der Waals surface area contributed by atoms with E-state index in [1.165, 1.54) is 17.7 Å². The molecule has 29 heavy (non-hydrogen) atoms. The molecule has 1 aliphatic rings. The second kappa shape index (κ2) is 7.59. The number of alkyl halides is 3. The largest absolute Gasteiger partial charge is 0.508 e. The van der Waals surface area contributed by atoms with Crippen molar-refractivity contribution in [3.05, 3.63) is 53.9 Å². The molecular formula is C21H22F3N3O2. The predicted octanol–water partition coefficient (Wildman–Crippen LogP) is 4.61. The van der Waals surface area contributed by atoms with Gasteiger partial charge in [-0.3, -0.25) is 4.90 Å². The molecule has 2 aromatic carbocycles. The van der Waals surface area contributed by atoms with E-state index in [9.17, 15) is 18.3 Å². The number of fused-ring (bicyclic) bond motifs is 1. The van der Waals surface area contributed by atoms with Crippen LogP contribution in [0.25, 0.3) is 11.0 Å². The molecule has 0 aliphatic carbocycles. The van der Waals surface area contributed by atoms with Crippen LogP contribution in [0.15, 0.2) is 42.5 Å². The van der Waals surface area contributed by atoms with Gasteiger partial charge < -0.3 is 14.4 Å². The highest BCUT2D eigenvalue weighted by atomic mass is 19.4. The molecule has 1 aromatic heterocycles. The molecule has 5 nitrogen and oxygen atoms in total. The third kappa shape index (κ3) is 4.03. The molecule has 4 rings (SSSR count).